The average molecular weight is 273 g/mol. The van der Waals surface area contributed by atoms with Gasteiger partial charge in [-0.2, -0.15) is 23.5 Å². The molecular weight excluding hydrogens is 250 g/mol. The summed E-state index contributed by atoms with van der Waals surface area (Å²) in [6, 6.07) is 0. The van der Waals surface area contributed by atoms with E-state index in [0.717, 1.165) is 23.1 Å². The van der Waals surface area contributed by atoms with Crippen molar-refractivity contribution in [1.82, 2.24) is 4.98 Å². The Morgan fingerprint density at radius 3 is 2.53 bits per heavy atom. The quantitative estimate of drug-likeness (QED) is 0.655. The molecule has 1 heterocycles. The largest absolute Gasteiger partial charge is 0.448 e. The van der Waals surface area contributed by atoms with Crippen LogP contribution in [0, 0.1) is 5.92 Å². The molecule has 0 amide bonds. The van der Waals surface area contributed by atoms with Crippen molar-refractivity contribution in [3.05, 3.63) is 17.8 Å². The summed E-state index contributed by atoms with van der Waals surface area (Å²) >= 11 is 4.00. The Balaban J connectivity index is 2.16. The van der Waals surface area contributed by atoms with Crippen LogP contribution in [0.3, 0.4) is 0 Å². The molecule has 98 valence electrons. The monoisotopic (exact) mass is 273 g/mol. The van der Waals surface area contributed by atoms with Crippen LogP contribution < -0.4 is 0 Å². The second-order valence-corrected chi connectivity index (χ2v) is 7.09. The van der Waals surface area contributed by atoms with Gasteiger partial charge in [0.05, 0.1) is 5.69 Å². The van der Waals surface area contributed by atoms with Crippen LogP contribution >= 0.6 is 23.5 Å². The minimum absolute atomic E-state index is 0.434. The van der Waals surface area contributed by atoms with E-state index in [1.807, 2.05) is 23.5 Å². The highest BCUT2D eigenvalue weighted by Crippen LogP contribution is 2.22. The number of rotatable bonds is 8. The van der Waals surface area contributed by atoms with E-state index in [9.17, 15) is 0 Å². The first-order valence-corrected chi connectivity index (χ1v) is 8.50. The SMILES string of the molecule is CC(C)CSCCSCc1ncoc1C(C)C. The molecule has 0 unspecified atom stereocenters. The predicted octanol–water partition coefficient (Wildman–Crippen LogP) is 4.42. The van der Waals surface area contributed by atoms with Gasteiger partial charge < -0.3 is 4.42 Å². The van der Waals surface area contributed by atoms with Crippen LogP contribution in [-0.2, 0) is 5.75 Å². The van der Waals surface area contributed by atoms with Gasteiger partial charge in [0.1, 0.15) is 5.76 Å². The van der Waals surface area contributed by atoms with Crippen molar-refractivity contribution in [2.24, 2.45) is 5.92 Å². The number of hydrogen-bond donors (Lipinski definition) is 0. The lowest BCUT2D eigenvalue weighted by Gasteiger charge is -2.05. The zero-order chi connectivity index (χ0) is 12.7. The first-order chi connectivity index (χ1) is 8.11. The van der Waals surface area contributed by atoms with Gasteiger partial charge in [0.25, 0.3) is 0 Å². The molecule has 0 saturated heterocycles. The number of nitrogens with zero attached hydrogens (tertiary/aromatic N) is 1. The molecule has 1 aromatic rings. The minimum Gasteiger partial charge on any atom is -0.448 e. The van der Waals surface area contributed by atoms with Gasteiger partial charge in [-0.15, -0.1) is 0 Å². The van der Waals surface area contributed by atoms with Crippen LogP contribution in [0.15, 0.2) is 10.8 Å². The fourth-order valence-corrected chi connectivity index (χ4v) is 3.60. The Morgan fingerprint density at radius 2 is 1.88 bits per heavy atom. The van der Waals surface area contributed by atoms with Crippen molar-refractivity contribution >= 4 is 23.5 Å². The predicted molar refractivity (Wildman–Crippen MR) is 78.9 cm³/mol. The fraction of sp³-hybridized carbons (Fsp3) is 0.769. The van der Waals surface area contributed by atoms with Crippen molar-refractivity contribution in [2.45, 2.75) is 39.4 Å². The van der Waals surface area contributed by atoms with E-state index in [1.165, 1.54) is 17.3 Å². The summed E-state index contributed by atoms with van der Waals surface area (Å²) in [5, 5.41) is 0. The summed E-state index contributed by atoms with van der Waals surface area (Å²) in [5.41, 5.74) is 1.12. The van der Waals surface area contributed by atoms with Gasteiger partial charge in [0.15, 0.2) is 6.39 Å². The standard InChI is InChI=1S/C13H23NOS2/c1-10(2)7-16-5-6-17-8-12-13(11(3)4)15-9-14-12/h9-11H,5-8H2,1-4H3. The Morgan fingerprint density at radius 1 is 1.18 bits per heavy atom. The Bertz CT molecular complexity index is 310. The lowest BCUT2D eigenvalue weighted by molar-refractivity contribution is 0.480. The highest BCUT2D eigenvalue weighted by atomic mass is 32.2. The first-order valence-electron chi connectivity index (χ1n) is 6.19. The van der Waals surface area contributed by atoms with Crippen LogP contribution in [-0.4, -0.2) is 22.2 Å². The molecule has 0 saturated carbocycles. The minimum atomic E-state index is 0.434. The number of aromatic nitrogens is 1. The number of hydrogen-bond acceptors (Lipinski definition) is 4. The molecule has 0 aliphatic heterocycles. The average Bonchev–Trinajstić information content (AvgIpc) is 2.71. The summed E-state index contributed by atoms with van der Waals surface area (Å²) in [4.78, 5) is 4.29. The maximum atomic E-state index is 5.41. The van der Waals surface area contributed by atoms with Crippen molar-refractivity contribution < 1.29 is 4.42 Å². The second kappa shape index (κ2) is 8.09. The summed E-state index contributed by atoms with van der Waals surface area (Å²) in [6.45, 7) is 8.83. The van der Waals surface area contributed by atoms with Gasteiger partial charge >= 0.3 is 0 Å². The van der Waals surface area contributed by atoms with Gasteiger partial charge in [-0.05, 0) is 11.7 Å². The van der Waals surface area contributed by atoms with Gasteiger partial charge in [-0.25, -0.2) is 4.98 Å². The molecule has 0 aromatic carbocycles. The van der Waals surface area contributed by atoms with Crippen LogP contribution in [0.5, 0.6) is 0 Å². The Kier molecular flexibility index (Phi) is 7.12. The summed E-state index contributed by atoms with van der Waals surface area (Å²) in [7, 11) is 0. The van der Waals surface area contributed by atoms with E-state index in [0.29, 0.717) is 5.92 Å². The topological polar surface area (TPSA) is 26.0 Å². The molecule has 1 aromatic heterocycles. The lowest BCUT2D eigenvalue weighted by atomic mass is 10.1. The van der Waals surface area contributed by atoms with E-state index in [4.69, 9.17) is 4.42 Å². The normalized spacial score (nSPS) is 11.6. The highest BCUT2D eigenvalue weighted by molar-refractivity contribution is 8.02. The van der Waals surface area contributed by atoms with Crippen molar-refractivity contribution in [3.8, 4) is 0 Å². The van der Waals surface area contributed by atoms with E-state index >= 15 is 0 Å². The molecule has 0 radical (unpaired) electrons. The fourth-order valence-electron chi connectivity index (χ4n) is 1.46. The zero-order valence-electron chi connectivity index (χ0n) is 11.2. The summed E-state index contributed by atoms with van der Waals surface area (Å²) in [6.07, 6.45) is 1.57. The van der Waals surface area contributed by atoms with Crippen LogP contribution in [0.2, 0.25) is 0 Å². The highest BCUT2D eigenvalue weighted by Gasteiger charge is 2.11. The van der Waals surface area contributed by atoms with E-state index in [1.54, 1.807) is 6.39 Å². The van der Waals surface area contributed by atoms with Gasteiger partial charge in [0, 0.05) is 23.2 Å². The first kappa shape index (κ1) is 15.0. The second-order valence-electron chi connectivity index (χ2n) is 4.84. The van der Waals surface area contributed by atoms with E-state index < -0.39 is 0 Å². The third-order valence-corrected chi connectivity index (χ3v) is 4.88. The van der Waals surface area contributed by atoms with E-state index in [-0.39, 0.29) is 0 Å². The Hall–Kier alpha value is -0.0900. The van der Waals surface area contributed by atoms with Gasteiger partial charge in [0.2, 0.25) is 0 Å². The smallest absolute Gasteiger partial charge is 0.181 e. The van der Waals surface area contributed by atoms with Crippen LogP contribution in [0.1, 0.15) is 45.1 Å². The number of thioether (sulfide) groups is 2. The summed E-state index contributed by atoms with van der Waals surface area (Å²) in [5.74, 6) is 6.96. The van der Waals surface area contributed by atoms with Crippen molar-refractivity contribution in [1.29, 1.82) is 0 Å². The molecule has 0 N–H and O–H groups in total. The third-order valence-electron chi connectivity index (χ3n) is 2.26. The molecule has 0 aliphatic carbocycles. The molecule has 0 spiro atoms. The van der Waals surface area contributed by atoms with Gasteiger partial charge in [-0.1, -0.05) is 27.7 Å². The zero-order valence-corrected chi connectivity index (χ0v) is 12.9. The molecule has 2 nitrogen and oxygen atoms in total. The molecule has 1 rings (SSSR count). The maximum absolute atomic E-state index is 5.41. The van der Waals surface area contributed by atoms with Crippen LogP contribution in [0.25, 0.3) is 0 Å². The molecule has 0 bridgehead atoms. The molecule has 17 heavy (non-hydrogen) atoms. The van der Waals surface area contributed by atoms with Crippen LogP contribution in [0.4, 0.5) is 0 Å². The lowest BCUT2D eigenvalue weighted by Crippen LogP contribution is -1.95. The molecule has 0 atom stereocenters. The maximum Gasteiger partial charge on any atom is 0.181 e. The van der Waals surface area contributed by atoms with Gasteiger partial charge in [-0.3, -0.25) is 0 Å². The number of oxazole rings is 1. The molecule has 0 fully saturated rings. The Labute approximate surface area is 113 Å². The molecular formula is C13H23NOS2. The van der Waals surface area contributed by atoms with E-state index in [2.05, 4.69) is 32.7 Å². The molecule has 4 heteroatoms. The molecule has 0 aliphatic rings. The summed E-state index contributed by atoms with van der Waals surface area (Å²) < 4.78 is 5.41. The third kappa shape index (κ3) is 5.87. The van der Waals surface area contributed by atoms with Crippen molar-refractivity contribution in [2.75, 3.05) is 17.3 Å². The van der Waals surface area contributed by atoms with Crippen molar-refractivity contribution in [3.63, 3.8) is 0 Å².